The maximum absolute atomic E-state index is 14.6. The zero-order valence-corrected chi connectivity index (χ0v) is 16.5. The molecule has 0 rings (SSSR count). The van der Waals surface area contributed by atoms with Gasteiger partial charge in [0.25, 0.3) is 0 Å². The number of hydrogen-bond donors (Lipinski definition) is 0. The highest BCUT2D eigenvalue weighted by atomic mass is 19.4. The first-order valence-corrected chi connectivity index (χ1v) is 7.93. The maximum atomic E-state index is 14.6. The Morgan fingerprint density at radius 2 is 0.676 bits per heavy atom. The minimum atomic E-state index is -9.09. The molecule has 0 aromatic carbocycles. The van der Waals surface area contributed by atoms with E-state index in [0.29, 0.717) is 0 Å². The van der Waals surface area contributed by atoms with E-state index in [1.165, 1.54) is 0 Å². The fourth-order valence-electron chi connectivity index (χ4n) is 1.89. The average Bonchev–Trinajstić information content (AvgIpc) is 2.64. The highest BCUT2D eigenvalue weighted by molar-refractivity contribution is 5.87. The van der Waals surface area contributed by atoms with Crippen molar-refractivity contribution in [2.75, 3.05) is 0 Å². The topological polar surface area (TPSA) is 26.3 Å². The highest BCUT2D eigenvalue weighted by Crippen LogP contribution is 2.66. The Kier molecular flexibility index (Phi) is 8.10. The Morgan fingerprint density at radius 1 is 0.459 bits per heavy atom. The molecule has 0 saturated heterocycles. The van der Waals surface area contributed by atoms with Gasteiger partial charge in [0, 0.05) is 5.57 Å². The van der Waals surface area contributed by atoms with Crippen molar-refractivity contribution in [3.05, 3.63) is 12.2 Å². The van der Waals surface area contributed by atoms with Crippen molar-refractivity contribution in [3.63, 3.8) is 0 Å². The van der Waals surface area contributed by atoms with E-state index >= 15 is 0 Å². The summed E-state index contributed by atoms with van der Waals surface area (Å²) in [5.41, 5.74) is -1.88. The van der Waals surface area contributed by atoms with Gasteiger partial charge in [0.05, 0.1) is 0 Å². The lowest BCUT2D eigenvalue weighted by Gasteiger charge is -2.46. The molecule has 0 fully saturated rings. The molecule has 1 atom stereocenters. The van der Waals surface area contributed by atoms with Crippen LogP contribution < -0.4 is 0 Å². The second-order valence-corrected chi connectivity index (χ2v) is 6.78. The van der Waals surface area contributed by atoms with Crippen LogP contribution in [-0.2, 0) is 9.53 Å². The van der Waals surface area contributed by atoms with Gasteiger partial charge in [0.15, 0.2) is 0 Å². The molecule has 0 amide bonds. The highest BCUT2D eigenvalue weighted by Gasteiger charge is 2.98. The standard InChI is InChI=1S/C14H5F21O2/c1-3(2)4(36)37-12(29,9(23,24)7(19,20)11(27,28)14(33,34)35)8(21,22)5(15,16)6(17,18)10(25,26)13(30,31)32/h1H2,2H3. The average molecular weight is 604 g/mol. The zero-order chi connectivity index (χ0) is 30.9. The summed E-state index contributed by atoms with van der Waals surface area (Å²) in [6, 6.07) is 0. The van der Waals surface area contributed by atoms with E-state index in [-0.39, 0.29) is 6.92 Å². The molecule has 0 bridgehead atoms. The second kappa shape index (κ2) is 8.63. The van der Waals surface area contributed by atoms with Crippen LogP contribution in [0.3, 0.4) is 0 Å². The van der Waals surface area contributed by atoms with Gasteiger partial charge in [-0.05, 0) is 6.92 Å². The SMILES string of the molecule is C=C(C)C(=O)OC(F)(C(F)(F)C(F)(F)C(F)(F)C(F)(F)F)C(F)(F)C(F)(F)C(F)(F)C(F)(F)C(F)(F)F. The summed E-state index contributed by atoms with van der Waals surface area (Å²) in [4.78, 5) is 11.1. The number of rotatable bonds is 9. The molecule has 1 unspecified atom stereocenters. The van der Waals surface area contributed by atoms with Crippen molar-refractivity contribution in [1.82, 2.24) is 0 Å². The first kappa shape index (κ1) is 34.7. The quantitative estimate of drug-likeness (QED) is 0.157. The van der Waals surface area contributed by atoms with Gasteiger partial charge < -0.3 is 4.74 Å². The molecule has 0 aliphatic carbocycles. The molecular weight excluding hydrogens is 599 g/mol. The Bertz CT molecular complexity index is 894. The second-order valence-electron chi connectivity index (χ2n) is 6.78. The van der Waals surface area contributed by atoms with Crippen molar-refractivity contribution in [1.29, 1.82) is 0 Å². The van der Waals surface area contributed by atoms with E-state index in [0.717, 1.165) is 0 Å². The molecule has 23 heteroatoms. The molecule has 0 N–H and O–H groups in total. The van der Waals surface area contributed by atoms with Gasteiger partial charge in [-0.3, -0.25) is 0 Å². The summed E-state index contributed by atoms with van der Waals surface area (Å²) >= 11 is 0. The van der Waals surface area contributed by atoms with Gasteiger partial charge in [0.1, 0.15) is 0 Å². The van der Waals surface area contributed by atoms with Gasteiger partial charge in [-0.15, -0.1) is 0 Å². The lowest BCUT2D eigenvalue weighted by atomic mass is 9.86. The number of alkyl halides is 21. The van der Waals surface area contributed by atoms with E-state index in [4.69, 9.17) is 0 Å². The summed E-state index contributed by atoms with van der Waals surface area (Å²) < 4.78 is 278. The monoisotopic (exact) mass is 604 g/mol. The number of esters is 1. The van der Waals surface area contributed by atoms with Crippen LogP contribution in [-0.4, -0.2) is 65.6 Å². The van der Waals surface area contributed by atoms with Crippen LogP contribution in [0.15, 0.2) is 12.2 Å². The Hall–Kier alpha value is -2.26. The van der Waals surface area contributed by atoms with Crippen LogP contribution >= 0.6 is 0 Å². The number of carbonyl (C=O) groups excluding carboxylic acids is 1. The molecule has 0 aromatic heterocycles. The van der Waals surface area contributed by atoms with Crippen molar-refractivity contribution < 1.29 is 102 Å². The molecule has 220 valence electrons. The van der Waals surface area contributed by atoms with Crippen LogP contribution in [0.1, 0.15) is 6.92 Å². The smallest absolute Gasteiger partial charge is 0.413 e. The predicted octanol–water partition coefficient (Wildman–Crippen LogP) is 7.34. The fraction of sp³-hybridized carbons (Fsp3) is 0.786. The van der Waals surface area contributed by atoms with Crippen LogP contribution in [0, 0.1) is 0 Å². The van der Waals surface area contributed by atoms with E-state index in [9.17, 15) is 97.0 Å². The fourth-order valence-corrected chi connectivity index (χ4v) is 1.89. The number of halogens is 21. The molecule has 0 aliphatic heterocycles. The third-order valence-electron chi connectivity index (χ3n) is 4.07. The summed E-state index contributed by atoms with van der Waals surface area (Å²) in [6.45, 7) is 2.16. The Labute approximate surface area is 188 Å². The minimum absolute atomic E-state index is 0.0218. The summed E-state index contributed by atoms with van der Waals surface area (Å²) in [6.07, 6.45) is -16.1. The number of hydrogen-bond acceptors (Lipinski definition) is 2. The van der Waals surface area contributed by atoms with Crippen molar-refractivity contribution in [2.24, 2.45) is 0 Å². The lowest BCUT2D eigenvalue weighted by molar-refractivity contribution is -0.489. The Morgan fingerprint density at radius 3 is 0.892 bits per heavy atom. The largest absolute Gasteiger partial charge is 0.460 e. The molecule has 37 heavy (non-hydrogen) atoms. The van der Waals surface area contributed by atoms with Gasteiger partial charge in [-0.25, -0.2) is 4.79 Å². The van der Waals surface area contributed by atoms with Gasteiger partial charge in [-0.2, -0.15) is 92.2 Å². The van der Waals surface area contributed by atoms with Crippen LogP contribution in [0.2, 0.25) is 0 Å². The van der Waals surface area contributed by atoms with Crippen LogP contribution in [0.25, 0.3) is 0 Å². The van der Waals surface area contributed by atoms with Crippen LogP contribution in [0.5, 0.6) is 0 Å². The number of ether oxygens (including phenoxy) is 1. The molecule has 0 radical (unpaired) electrons. The minimum Gasteiger partial charge on any atom is -0.413 e. The molecule has 0 saturated carbocycles. The van der Waals surface area contributed by atoms with Crippen LogP contribution in [0.4, 0.5) is 92.2 Å². The third kappa shape index (κ3) is 4.42. The molecule has 0 aromatic rings. The molecular formula is C14H5F21O2. The normalized spacial score (nSPS) is 17.4. The summed E-state index contributed by atoms with van der Waals surface area (Å²) in [5.74, 6) is -74.0. The Balaban J connectivity index is 7.71. The molecule has 0 aliphatic rings. The van der Waals surface area contributed by atoms with E-state index in [2.05, 4.69) is 11.3 Å². The first-order chi connectivity index (χ1) is 15.6. The molecule has 0 spiro atoms. The van der Waals surface area contributed by atoms with E-state index in [1.54, 1.807) is 0 Å². The molecule has 2 nitrogen and oxygen atoms in total. The van der Waals surface area contributed by atoms with E-state index in [1.807, 2.05) is 0 Å². The zero-order valence-electron chi connectivity index (χ0n) is 16.5. The third-order valence-corrected chi connectivity index (χ3v) is 4.07. The predicted molar refractivity (Wildman–Crippen MR) is 71.5 cm³/mol. The van der Waals surface area contributed by atoms with Gasteiger partial charge in [-0.1, -0.05) is 6.58 Å². The maximum Gasteiger partial charge on any atom is 0.460 e. The first-order valence-electron chi connectivity index (χ1n) is 7.93. The molecule has 0 heterocycles. The number of carbonyl (C=O) groups is 1. The van der Waals surface area contributed by atoms with E-state index < -0.39 is 71.2 Å². The van der Waals surface area contributed by atoms with Gasteiger partial charge in [0.2, 0.25) is 0 Å². The lowest BCUT2D eigenvalue weighted by Crippen LogP contribution is -2.78. The summed E-state index contributed by atoms with van der Waals surface area (Å²) in [7, 11) is 0. The van der Waals surface area contributed by atoms with Crippen molar-refractivity contribution in [2.45, 2.75) is 66.6 Å². The van der Waals surface area contributed by atoms with Gasteiger partial charge >= 0.3 is 65.6 Å². The van der Waals surface area contributed by atoms with Crippen molar-refractivity contribution in [3.8, 4) is 0 Å². The van der Waals surface area contributed by atoms with Crippen molar-refractivity contribution >= 4 is 5.97 Å². The summed E-state index contributed by atoms with van der Waals surface area (Å²) in [5, 5.41) is 0.